The third-order valence-electron chi connectivity index (χ3n) is 3.70. The van der Waals surface area contributed by atoms with Gasteiger partial charge in [0.05, 0.1) is 24.9 Å². The number of nitrogens with one attached hydrogen (secondary N) is 2. The Hall–Kier alpha value is -1.77. The van der Waals surface area contributed by atoms with Crippen molar-refractivity contribution in [2.75, 3.05) is 6.54 Å². The molecule has 7 heteroatoms. The molecule has 1 aromatic heterocycles. The number of hydrogen-bond donors (Lipinski definition) is 2. The third-order valence-corrected chi connectivity index (χ3v) is 3.70. The quantitative estimate of drug-likeness (QED) is 0.369. The minimum absolute atomic E-state index is 0. The summed E-state index contributed by atoms with van der Waals surface area (Å²) < 4.78 is 7.78. The molecule has 0 aliphatic rings. The van der Waals surface area contributed by atoms with Crippen molar-refractivity contribution < 1.29 is 4.74 Å². The van der Waals surface area contributed by atoms with Gasteiger partial charge in [-0.05, 0) is 45.4 Å². The Morgan fingerprint density at radius 1 is 1.27 bits per heavy atom. The van der Waals surface area contributed by atoms with Gasteiger partial charge in [-0.3, -0.25) is 4.68 Å². The summed E-state index contributed by atoms with van der Waals surface area (Å²) in [5.74, 6) is 1.68. The van der Waals surface area contributed by atoms with Gasteiger partial charge >= 0.3 is 0 Å². The Bertz CT molecular complexity index is 712. The maximum absolute atomic E-state index is 5.93. The standard InChI is InChI=1S/C19H29N5O.HI/c1-6-20-19(22-13-17-9-10-23-24(17)5)21-12-16-8-7-15(4)11-18(16)25-14(2)3;/h7-11,14H,6,12-13H2,1-5H3,(H2,20,21,22);1H. The molecule has 0 spiro atoms. The molecule has 2 rings (SSSR count). The molecule has 0 saturated carbocycles. The lowest BCUT2D eigenvalue weighted by atomic mass is 10.1. The van der Waals surface area contributed by atoms with Crippen molar-refractivity contribution in [2.24, 2.45) is 12.0 Å². The van der Waals surface area contributed by atoms with E-state index in [4.69, 9.17) is 9.73 Å². The molecule has 0 atom stereocenters. The Morgan fingerprint density at radius 2 is 2.04 bits per heavy atom. The maximum Gasteiger partial charge on any atom is 0.191 e. The summed E-state index contributed by atoms with van der Waals surface area (Å²) >= 11 is 0. The number of halogens is 1. The first-order chi connectivity index (χ1) is 12.0. The average molecular weight is 471 g/mol. The Balaban J connectivity index is 0.00000338. The number of benzene rings is 1. The lowest BCUT2D eigenvalue weighted by molar-refractivity contribution is 0.240. The molecule has 0 unspecified atom stereocenters. The molecule has 26 heavy (non-hydrogen) atoms. The number of aromatic nitrogens is 2. The molecule has 6 nitrogen and oxygen atoms in total. The molecule has 0 aliphatic carbocycles. The second-order valence-corrected chi connectivity index (χ2v) is 6.27. The van der Waals surface area contributed by atoms with E-state index in [1.165, 1.54) is 5.56 Å². The topological polar surface area (TPSA) is 63.5 Å². The fourth-order valence-corrected chi connectivity index (χ4v) is 2.41. The highest BCUT2D eigenvalue weighted by molar-refractivity contribution is 14.0. The molecule has 1 heterocycles. The van der Waals surface area contributed by atoms with Crippen molar-refractivity contribution in [2.45, 2.75) is 46.9 Å². The van der Waals surface area contributed by atoms with E-state index in [0.717, 1.165) is 29.5 Å². The highest BCUT2D eigenvalue weighted by atomic mass is 127. The van der Waals surface area contributed by atoms with Crippen LogP contribution in [-0.2, 0) is 20.1 Å². The largest absolute Gasteiger partial charge is 0.491 e. The summed E-state index contributed by atoms with van der Waals surface area (Å²) in [5.41, 5.74) is 3.37. The van der Waals surface area contributed by atoms with Crippen molar-refractivity contribution in [3.05, 3.63) is 47.3 Å². The summed E-state index contributed by atoms with van der Waals surface area (Å²) in [5, 5.41) is 10.8. The molecular weight excluding hydrogens is 441 g/mol. The lowest BCUT2D eigenvalue weighted by Crippen LogP contribution is -2.37. The van der Waals surface area contributed by atoms with Crippen LogP contribution in [0.4, 0.5) is 0 Å². The first kappa shape index (κ1) is 22.3. The third kappa shape index (κ3) is 6.86. The van der Waals surface area contributed by atoms with E-state index < -0.39 is 0 Å². The summed E-state index contributed by atoms with van der Waals surface area (Å²) in [6.07, 6.45) is 1.93. The van der Waals surface area contributed by atoms with Crippen LogP contribution >= 0.6 is 24.0 Å². The van der Waals surface area contributed by atoms with Gasteiger partial charge in [0.1, 0.15) is 5.75 Å². The van der Waals surface area contributed by atoms with Crippen LogP contribution in [0.3, 0.4) is 0 Å². The molecule has 0 amide bonds. The highest BCUT2D eigenvalue weighted by Crippen LogP contribution is 2.22. The van der Waals surface area contributed by atoms with E-state index in [1.807, 2.05) is 31.6 Å². The molecule has 2 aromatic rings. The van der Waals surface area contributed by atoms with Gasteiger partial charge in [0.2, 0.25) is 0 Å². The van der Waals surface area contributed by atoms with E-state index in [0.29, 0.717) is 13.1 Å². The van der Waals surface area contributed by atoms with Crippen LogP contribution in [0, 0.1) is 6.92 Å². The zero-order valence-corrected chi connectivity index (χ0v) is 18.6. The van der Waals surface area contributed by atoms with E-state index in [-0.39, 0.29) is 30.1 Å². The van der Waals surface area contributed by atoms with Gasteiger partial charge in [-0.2, -0.15) is 5.10 Å². The molecular formula is C19H30IN5O. The van der Waals surface area contributed by atoms with Crippen LogP contribution in [0.15, 0.2) is 35.5 Å². The smallest absolute Gasteiger partial charge is 0.191 e. The SMILES string of the molecule is CCNC(=NCc1ccc(C)cc1OC(C)C)NCc1ccnn1C.I. The summed E-state index contributed by atoms with van der Waals surface area (Å²) in [6.45, 7) is 10.2. The first-order valence-corrected chi connectivity index (χ1v) is 8.74. The fourth-order valence-electron chi connectivity index (χ4n) is 2.41. The summed E-state index contributed by atoms with van der Waals surface area (Å²) in [7, 11) is 1.93. The van der Waals surface area contributed by atoms with Crippen LogP contribution in [0.2, 0.25) is 0 Å². The van der Waals surface area contributed by atoms with Gasteiger partial charge in [0, 0.05) is 25.4 Å². The van der Waals surface area contributed by atoms with Crippen molar-refractivity contribution in [3.63, 3.8) is 0 Å². The van der Waals surface area contributed by atoms with Crippen LogP contribution in [0.25, 0.3) is 0 Å². The van der Waals surface area contributed by atoms with Crippen LogP contribution in [-0.4, -0.2) is 28.4 Å². The maximum atomic E-state index is 5.93. The van der Waals surface area contributed by atoms with E-state index in [2.05, 4.69) is 47.8 Å². The van der Waals surface area contributed by atoms with Crippen molar-refractivity contribution in [1.29, 1.82) is 0 Å². The Labute approximate surface area is 173 Å². The average Bonchev–Trinajstić information content (AvgIpc) is 2.96. The number of ether oxygens (including phenoxy) is 1. The number of rotatable bonds is 7. The minimum Gasteiger partial charge on any atom is -0.491 e. The molecule has 0 radical (unpaired) electrons. The molecule has 0 aliphatic heterocycles. The van der Waals surface area contributed by atoms with E-state index >= 15 is 0 Å². The monoisotopic (exact) mass is 471 g/mol. The molecule has 1 aromatic carbocycles. The molecule has 0 saturated heterocycles. The number of aliphatic imine (C=N–C) groups is 1. The van der Waals surface area contributed by atoms with Crippen molar-refractivity contribution >= 4 is 29.9 Å². The fraction of sp³-hybridized carbons (Fsp3) is 0.474. The van der Waals surface area contributed by atoms with Gasteiger partial charge in [-0.25, -0.2) is 4.99 Å². The molecule has 2 N–H and O–H groups in total. The number of aryl methyl sites for hydroxylation is 2. The highest BCUT2D eigenvalue weighted by Gasteiger charge is 2.07. The summed E-state index contributed by atoms with van der Waals surface area (Å²) in [4.78, 5) is 4.70. The molecule has 0 bridgehead atoms. The second kappa shape index (κ2) is 11.1. The number of hydrogen-bond acceptors (Lipinski definition) is 3. The van der Waals surface area contributed by atoms with Gasteiger partial charge in [-0.15, -0.1) is 24.0 Å². The van der Waals surface area contributed by atoms with E-state index in [9.17, 15) is 0 Å². The van der Waals surface area contributed by atoms with E-state index in [1.54, 1.807) is 6.20 Å². The Kier molecular flexibility index (Phi) is 9.47. The first-order valence-electron chi connectivity index (χ1n) is 8.74. The normalized spacial score (nSPS) is 11.2. The van der Waals surface area contributed by atoms with Crippen molar-refractivity contribution in [1.82, 2.24) is 20.4 Å². The minimum atomic E-state index is 0. The van der Waals surface area contributed by atoms with Gasteiger partial charge in [-0.1, -0.05) is 12.1 Å². The zero-order chi connectivity index (χ0) is 18.2. The lowest BCUT2D eigenvalue weighted by Gasteiger charge is -2.15. The Morgan fingerprint density at radius 3 is 2.65 bits per heavy atom. The number of guanidine groups is 1. The predicted molar refractivity (Wildman–Crippen MR) is 117 cm³/mol. The second-order valence-electron chi connectivity index (χ2n) is 6.27. The summed E-state index contributed by atoms with van der Waals surface area (Å²) in [6, 6.07) is 8.24. The van der Waals surface area contributed by atoms with Crippen LogP contribution in [0.5, 0.6) is 5.75 Å². The van der Waals surface area contributed by atoms with Crippen molar-refractivity contribution in [3.8, 4) is 5.75 Å². The van der Waals surface area contributed by atoms with Gasteiger partial charge in [0.25, 0.3) is 0 Å². The molecule has 0 fully saturated rings. The number of nitrogens with zero attached hydrogens (tertiary/aromatic N) is 3. The molecule has 144 valence electrons. The zero-order valence-electron chi connectivity index (χ0n) is 16.2. The van der Waals surface area contributed by atoms with Crippen LogP contribution < -0.4 is 15.4 Å². The predicted octanol–water partition coefficient (Wildman–Crippen LogP) is 3.39. The van der Waals surface area contributed by atoms with Gasteiger partial charge in [0.15, 0.2) is 5.96 Å². The van der Waals surface area contributed by atoms with Gasteiger partial charge < -0.3 is 15.4 Å². The van der Waals surface area contributed by atoms with Crippen LogP contribution in [0.1, 0.15) is 37.6 Å².